The van der Waals surface area contributed by atoms with Crippen LogP contribution in [0.25, 0.3) is 4.96 Å². The topological polar surface area (TPSA) is 62.5 Å². The number of carbonyl (C=O) groups excluding carboxylic acids is 1. The van der Waals surface area contributed by atoms with Crippen molar-refractivity contribution in [3.05, 3.63) is 11.9 Å². The zero-order valence-electron chi connectivity index (χ0n) is 8.80. The lowest BCUT2D eigenvalue weighted by atomic mass is 10.4. The lowest BCUT2D eigenvalue weighted by molar-refractivity contribution is -0.120. The molecular formula is C9H11N5OS. The zero-order valence-corrected chi connectivity index (χ0v) is 9.62. The molecule has 0 unspecified atom stereocenters. The molecule has 0 spiro atoms. The lowest BCUT2D eigenvalue weighted by Crippen LogP contribution is -2.47. The minimum Gasteiger partial charge on any atom is -0.353 e. The van der Waals surface area contributed by atoms with E-state index in [1.165, 1.54) is 11.3 Å². The third-order valence-electron chi connectivity index (χ3n) is 2.46. The number of aromatic nitrogens is 3. The van der Waals surface area contributed by atoms with Gasteiger partial charge < -0.3 is 10.2 Å². The summed E-state index contributed by atoms with van der Waals surface area (Å²) in [7, 11) is 0. The number of anilines is 1. The van der Waals surface area contributed by atoms with Gasteiger partial charge in [-0.3, -0.25) is 4.79 Å². The fourth-order valence-corrected chi connectivity index (χ4v) is 2.68. The van der Waals surface area contributed by atoms with Crippen LogP contribution in [-0.4, -0.2) is 40.1 Å². The van der Waals surface area contributed by atoms with Gasteiger partial charge in [-0.25, -0.2) is 9.50 Å². The van der Waals surface area contributed by atoms with E-state index in [0.717, 1.165) is 22.3 Å². The molecule has 2 aromatic heterocycles. The van der Waals surface area contributed by atoms with Crippen LogP contribution in [0, 0.1) is 6.92 Å². The van der Waals surface area contributed by atoms with Gasteiger partial charge >= 0.3 is 0 Å². The van der Waals surface area contributed by atoms with Gasteiger partial charge in [0.15, 0.2) is 0 Å². The average molecular weight is 237 g/mol. The molecule has 1 aliphatic rings. The fourth-order valence-electron chi connectivity index (χ4n) is 1.73. The molecule has 6 nitrogen and oxygen atoms in total. The number of hydrogen-bond donors (Lipinski definition) is 1. The van der Waals surface area contributed by atoms with Crippen LogP contribution in [0.5, 0.6) is 0 Å². The van der Waals surface area contributed by atoms with E-state index >= 15 is 0 Å². The first-order chi connectivity index (χ1) is 7.72. The molecule has 1 amide bonds. The molecule has 0 saturated carbocycles. The second-order valence-electron chi connectivity index (χ2n) is 3.77. The highest BCUT2D eigenvalue weighted by atomic mass is 32.1. The van der Waals surface area contributed by atoms with Crippen molar-refractivity contribution in [2.75, 3.05) is 24.5 Å². The van der Waals surface area contributed by atoms with Crippen LogP contribution < -0.4 is 10.2 Å². The summed E-state index contributed by atoms with van der Waals surface area (Å²) in [5.41, 5.74) is 0.960. The third-order valence-corrected chi connectivity index (χ3v) is 3.45. The quantitative estimate of drug-likeness (QED) is 0.760. The molecule has 7 heteroatoms. The molecule has 3 heterocycles. The van der Waals surface area contributed by atoms with Gasteiger partial charge in [0.1, 0.15) is 0 Å². The molecule has 0 radical (unpaired) electrons. The van der Waals surface area contributed by atoms with Crippen molar-refractivity contribution in [1.29, 1.82) is 0 Å². The van der Waals surface area contributed by atoms with Crippen LogP contribution >= 0.6 is 11.3 Å². The molecule has 0 bridgehead atoms. The summed E-state index contributed by atoms with van der Waals surface area (Å²) in [6, 6.07) is 0. The second-order valence-corrected chi connectivity index (χ2v) is 4.70. The van der Waals surface area contributed by atoms with Gasteiger partial charge in [-0.15, -0.1) is 5.10 Å². The first-order valence-electron chi connectivity index (χ1n) is 5.07. The summed E-state index contributed by atoms with van der Waals surface area (Å²) in [5, 5.41) is 8.06. The SMILES string of the molecule is Cc1cn2nc(N3CCNC(=O)C3)sc2n1. The van der Waals surface area contributed by atoms with Crippen molar-refractivity contribution in [3.63, 3.8) is 0 Å². The van der Waals surface area contributed by atoms with Crippen molar-refractivity contribution in [3.8, 4) is 0 Å². The number of rotatable bonds is 1. The minimum absolute atomic E-state index is 0.0512. The maximum Gasteiger partial charge on any atom is 0.239 e. The van der Waals surface area contributed by atoms with E-state index in [-0.39, 0.29) is 5.91 Å². The molecule has 1 saturated heterocycles. The summed E-state index contributed by atoms with van der Waals surface area (Å²) in [6.45, 7) is 3.81. The van der Waals surface area contributed by atoms with E-state index in [2.05, 4.69) is 15.4 Å². The number of aryl methyl sites for hydroxylation is 1. The highest BCUT2D eigenvalue weighted by Gasteiger charge is 2.20. The van der Waals surface area contributed by atoms with E-state index in [4.69, 9.17) is 0 Å². The number of amides is 1. The molecule has 0 aliphatic carbocycles. The van der Waals surface area contributed by atoms with E-state index in [1.807, 2.05) is 18.0 Å². The van der Waals surface area contributed by atoms with E-state index in [9.17, 15) is 4.79 Å². The Labute approximate surface area is 95.9 Å². The molecule has 2 aromatic rings. The first kappa shape index (κ1) is 9.59. The molecule has 1 N–H and O–H groups in total. The monoisotopic (exact) mass is 237 g/mol. The molecule has 0 atom stereocenters. The molecule has 1 fully saturated rings. The lowest BCUT2D eigenvalue weighted by Gasteiger charge is -2.25. The zero-order chi connectivity index (χ0) is 11.1. The third kappa shape index (κ3) is 1.53. The predicted molar refractivity (Wildman–Crippen MR) is 60.8 cm³/mol. The first-order valence-corrected chi connectivity index (χ1v) is 5.88. The number of carbonyl (C=O) groups is 1. The molecule has 0 aromatic carbocycles. The van der Waals surface area contributed by atoms with Gasteiger partial charge in [-0.05, 0) is 6.92 Å². The Morgan fingerprint density at radius 3 is 3.19 bits per heavy atom. The number of imidazole rings is 1. The van der Waals surface area contributed by atoms with Gasteiger partial charge in [0.05, 0.1) is 18.4 Å². The van der Waals surface area contributed by atoms with Crippen LogP contribution in [0.2, 0.25) is 0 Å². The molecular weight excluding hydrogens is 226 g/mol. The van der Waals surface area contributed by atoms with Crippen molar-refractivity contribution in [2.45, 2.75) is 6.92 Å². The average Bonchev–Trinajstić information content (AvgIpc) is 2.74. The number of nitrogens with zero attached hydrogens (tertiary/aromatic N) is 4. The fraction of sp³-hybridized carbons (Fsp3) is 0.444. The summed E-state index contributed by atoms with van der Waals surface area (Å²) in [6.07, 6.45) is 1.89. The second kappa shape index (κ2) is 3.44. The van der Waals surface area contributed by atoms with E-state index in [0.29, 0.717) is 13.1 Å². The van der Waals surface area contributed by atoms with Crippen molar-refractivity contribution < 1.29 is 4.79 Å². The predicted octanol–water partition coefficient (Wildman–Crippen LogP) is 0.0354. The Bertz CT molecular complexity index is 514. The van der Waals surface area contributed by atoms with Crippen LogP contribution in [0.15, 0.2) is 6.20 Å². The standard InChI is InChI=1S/C9H11N5OS/c1-6-4-14-8(11-6)16-9(12-14)13-3-2-10-7(15)5-13/h4H,2-3,5H2,1H3,(H,10,15). The van der Waals surface area contributed by atoms with Crippen LogP contribution in [0.3, 0.4) is 0 Å². The summed E-state index contributed by atoms with van der Waals surface area (Å²) >= 11 is 1.51. The molecule has 16 heavy (non-hydrogen) atoms. The summed E-state index contributed by atoms with van der Waals surface area (Å²) in [5.74, 6) is 0.0512. The van der Waals surface area contributed by atoms with E-state index < -0.39 is 0 Å². The van der Waals surface area contributed by atoms with Crippen LogP contribution in [0.4, 0.5) is 5.13 Å². The van der Waals surface area contributed by atoms with Crippen LogP contribution in [0.1, 0.15) is 5.69 Å². The Morgan fingerprint density at radius 1 is 1.56 bits per heavy atom. The largest absolute Gasteiger partial charge is 0.353 e. The number of fused-ring (bicyclic) bond motifs is 1. The number of hydrogen-bond acceptors (Lipinski definition) is 5. The van der Waals surface area contributed by atoms with Gasteiger partial charge in [-0.2, -0.15) is 0 Å². The highest BCUT2D eigenvalue weighted by molar-refractivity contribution is 7.20. The molecule has 3 rings (SSSR count). The summed E-state index contributed by atoms with van der Waals surface area (Å²) in [4.78, 5) is 18.4. The number of nitrogens with one attached hydrogen (secondary N) is 1. The molecule has 1 aliphatic heterocycles. The van der Waals surface area contributed by atoms with Crippen molar-refractivity contribution >= 4 is 27.3 Å². The van der Waals surface area contributed by atoms with Crippen molar-refractivity contribution in [2.24, 2.45) is 0 Å². The van der Waals surface area contributed by atoms with Gasteiger partial charge in [0.25, 0.3) is 0 Å². The molecule has 84 valence electrons. The van der Waals surface area contributed by atoms with E-state index in [1.54, 1.807) is 4.52 Å². The smallest absolute Gasteiger partial charge is 0.239 e. The normalized spacial score (nSPS) is 16.8. The Morgan fingerprint density at radius 2 is 2.44 bits per heavy atom. The van der Waals surface area contributed by atoms with Crippen LogP contribution in [-0.2, 0) is 4.79 Å². The van der Waals surface area contributed by atoms with Crippen molar-refractivity contribution in [1.82, 2.24) is 19.9 Å². The Hall–Kier alpha value is -1.63. The summed E-state index contributed by atoms with van der Waals surface area (Å²) < 4.78 is 1.77. The number of piperazine rings is 1. The van der Waals surface area contributed by atoms with Gasteiger partial charge in [0, 0.05) is 13.1 Å². The van der Waals surface area contributed by atoms with Gasteiger partial charge in [-0.1, -0.05) is 11.3 Å². The minimum atomic E-state index is 0.0512. The highest BCUT2D eigenvalue weighted by Crippen LogP contribution is 2.23. The maximum atomic E-state index is 11.3. The maximum absolute atomic E-state index is 11.3. The Kier molecular flexibility index (Phi) is 2.06. The van der Waals surface area contributed by atoms with Gasteiger partial charge in [0.2, 0.25) is 16.0 Å². The Balaban J connectivity index is 1.93.